The number of aliphatic hydroxyl groups is 1. The number of carboxylic acids is 1. The number of aromatic carboxylic acids is 1. The summed E-state index contributed by atoms with van der Waals surface area (Å²) in [4.78, 5) is 44.5. The van der Waals surface area contributed by atoms with Crippen LogP contribution in [0.3, 0.4) is 0 Å². The first kappa shape index (κ1) is 26.8. The van der Waals surface area contributed by atoms with Gasteiger partial charge < -0.3 is 20.1 Å². The number of rotatable bonds is 7. The minimum atomic E-state index is -4.67. The smallest absolute Gasteiger partial charge is 0.434 e. The van der Waals surface area contributed by atoms with Crippen LogP contribution in [0.4, 0.5) is 23.8 Å². The largest absolute Gasteiger partial charge is 0.477 e. The number of hydrogen-bond donors (Lipinski definition) is 4. The lowest BCUT2D eigenvalue weighted by atomic mass is 9.99. The van der Waals surface area contributed by atoms with Crippen LogP contribution in [-0.2, 0) is 12.7 Å². The van der Waals surface area contributed by atoms with Gasteiger partial charge in [-0.2, -0.15) is 13.2 Å². The molecule has 0 radical (unpaired) electrons. The number of anilines is 1. The summed E-state index contributed by atoms with van der Waals surface area (Å²) in [6, 6.07) is 5.34. The zero-order chi connectivity index (χ0) is 27.6. The van der Waals surface area contributed by atoms with Crippen molar-refractivity contribution in [2.75, 3.05) is 18.5 Å². The molecule has 0 atom stereocenters. The van der Waals surface area contributed by atoms with Gasteiger partial charge in [0, 0.05) is 47.4 Å². The number of halogens is 3. The Morgan fingerprint density at radius 2 is 1.95 bits per heavy atom. The average molecular weight is 548 g/mol. The monoisotopic (exact) mass is 547 g/mol. The number of benzene rings is 1. The fourth-order valence-electron chi connectivity index (χ4n) is 3.79. The molecule has 10 nitrogen and oxygen atoms in total. The number of fused-ring (bicyclic) bond motifs is 1. The number of amides is 2. The van der Waals surface area contributed by atoms with E-state index in [0.717, 1.165) is 22.9 Å². The molecule has 0 aliphatic rings. The van der Waals surface area contributed by atoms with E-state index in [0.29, 0.717) is 23.2 Å². The molecule has 3 heterocycles. The van der Waals surface area contributed by atoms with Crippen LogP contribution >= 0.6 is 11.3 Å². The zero-order valence-electron chi connectivity index (χ0n) is 19.7. The van der Waals surface area contributed by atoms with Crippen LogP contribution in [0.5, 0.6) is 0 Å². The van der Waals surface area contributed by atoms with Crippen molar-refractivity contribution >= 4 is 40.1 Å². The Hall–Kier alpha value is -4.30. The van der Waals surface area contributed by atoms with Gasteiger partial charge in [-0.15, -0.1) is 11.3 Å². The number of hydrogen-bond acceptors (Lipinski definition) is 7. The van der Waals surface area contributed by atoms with Crippen LogP contribution < -0.4 is 16.1 Å². The predicted octanol–water partition coefficient (Wildman–Crippen LogP) is 4.04. The summed E-state index contributed by atoms with van der Waals surface area (Å²) in [5.41, 5.74) is -1.14. The Labute approximate surface area is 216 Å². The lowest BCUT2D eigenvalue weighted by Gasteiger charge is -2.14. The molecule has 1 aromatic carbocycles. The molecular formula is C24H20F3N5O5S. The second-order valence-corrected chi connectivity index (χ2v) is 8.82. The Morgan fingerprint density at radius 3 is 2.58 bits per heavy atom. The van der Waals surface area contributed by atoms with Crippen molar-refractivity contribution in [3.8, 4) is 21.7 Å². The molecule has 0 spiro atoms. The van der Waals surface area contributed by atoms with Crippen molar-refractivity contribution in [3.05, 3.63) is 63.5 Å². The molecular weight excluding hydrogens is 527 g/mol. The highest BCUT2D eigenvalue weighted by molar-refractivity contribution is 7.13. The molecule has 4 rings (SSSR count). The van der Waals surface area contributed by atoms with Crippen molar-refractivity contribution in [1.29, 1.82) is 0 Å². The van der Waals surface area contributed by atoms with E-state index in [9.17, 15) is 37.8 Å². The summed E-state index contributed by atoms with van der Waals surface area (Å²) in [7, 11) is 0. The van der Waals surface area contributed by atoms with Gasteiger partial charge in [-0.25, -0.2) is 19.6 Å². The Morgan fingerprint density at radius 1 is 1.18 bits per heavy atom. The first-order valence-corrected chi connectivity index (χ1v) is 12.0. The number of carbonyl (C=O) groups is 2. The van der Waals surface area contributed by atoms with Crippen LogP contribution in [0.15, 0.2) is 46.8 Å². The number of thiazole rings is 1. The highest BCUT2D eigenvalue weighted by Crippen LogP contribution is 2.39. The average Bonchev–Trinajstić information content (AvgIpc) is 3.37. The minimum Gasteiger partial charge on any atom is -0.477 e. The van der Waals surface area contributed by atoms with E-state index in [2.05, 4.69) is 20.6 Å². The molecule has 4 aromatic rings. The molecule has 14 heteroatoms. The van der Waals surface area contributed by atoms with Gasteiger partial charge >= 0.3 is 18.2 Å². The summed E-state index contributed by atoms with van der Waals surface area (Å²) < 4.78 is 41.2. The number of aromatic nitrogens is 3. The molecule has 0 aliphatic carbocycles. The Kier molecular flexibility index (Phi) is 7.46. The second-order valence-electron chi connectivity index (χ2n) is 7.96. The maximum atomic E-state index is 13.3. The SMILES string of the molecule is CCNC(=O)Nc1cc(-c2nc(C(F)(F)F)cs2)c(-c2ccc3c(c2)c(=O)c(C(=O)O)cn3CCO)cn1. The van der Waals surface area contributed by atoms with Crippen molar-refractivity contribution in [2.45, 2.75) is 19.6 Å². The topological polar surface area (TPSA) is 146 Å². The fraction of sp³-hybridized carbons (Fsp3) is 0.208. The number of pyridine rings is 2. The van der Waals surface area contributed by atoms with Crippen LogP contribution in [0.1, 0.15) is 23.0 Å². The van der Waals surface area contributed by atoms with E-state index in [1.54, 1.807) is 19.1 Å². The lowest BCUT2D eigenvalue weighted by molar-refractivity contribution is -0.140. The normalized spacial score (nSPS) is 11.5. The van der Waals surface area contributed by atoms with Gasteiger partial charge in [-0.05, 0) is 30.7 Å². The minimum absolute atomic E-state index is 0.00857. The molecule has 198 valence electrons. The van der Waals surface area contributed by atoms with E-state index in [1.165, 1.54) is 22.9 Å². The molecule has 2 amide bonds. The molecule has 0 fully saturated rings. The molecule has 3 aromatic heterocycles. The van der Waals surface area contributed by atoms with Crippen molar-refractivity contribution in [1.82, 2.24) is 19.9 Å². The Balaban J connectivity index is 1.93. The first-order valence-electron chi connectivity index (χ1n) is 11.1. The highest BCUT2D eigenvalue weighted by atomic mass is 32.1. The van der Waals surface area contributed by atoms with Gasteiger partial charge in [0.2, 0.25) is 5.43 Å². The standard InChI is InChI=1S/C24H20F3N5O5S/c1-2-28-23(37)31-19-8-13(21-30-18(11-38-21)24(25,26)27)15(9-29-19)12-3-4-17-14(7-12)20(34)16(22(35)36)10-32(17)5-6-33/h3-4,7-11,33H,2,5-6H2,1H3,(H,35,36)(H2,28,29,31,37). The van der Waals surface area contributed by atoms with Crippen LogP contribution in [0, 0.1) is 0 Å². The van der Waals surface area contributed by atoms with Crippen LogP contribution in [0.25, 0.3) is 32.6 Å². The highest BCUT2D eigenvalue weighted by Gasteiger charge is 2.34. The van der Waals surface area contributed by atoms with Crippen molar-refractivity contribution in [2.24, 2.45) is 0 Å². The molecule has 0 saturated carbocycles. The van der Waals surface area contributed by atoms with Gasteiger partial charge in [0.1, 0.15) is 16.4 Å². The third-order valence-electron chi connectivity index (χ3n) is 5.47. The quantitative estimate of drug-likeness (QED) is 0.273. The second kappa shape index (κ2) is 10.6. The van der Waals surface area contributed by atoms with E-state index in [1.807, 2.05) is 0 Å². The Bertz CT molecular complexity index is 1600. The van der Waals surface area contributed by atoms with Crippen molar-refractivity contribution in [3.63, 3.8) is 0 Å². The number of nitrogens with one attached hydrogen (secondary N) is 2. The summed E-state index contributed by atoms with van der Waals surface area (Å²) >= 11 is 0.740. The number of carbonyl (C=O) groups excluding carboxylic acids is 1. The zero-order valence-corrected chi connectivity index (χ0v) is 20.5. The van der Waals surface area contributed by atoms with E-state index in [4.69, 9.17) is 0 Å². The van der Waals surface area contributed by atoms with E-state index >= 15 is 0 Å². The molecule has 4 N–H and O–H groups in total. The number of aliphatic hydroxyl groups excluding tert-OH is 1. The molecule has 38 heavy (non-hydrogen) atoms. The summed E-state index contributed by atoms with van der Waals surface area (Å²) in [5.74, 6) is -1.39. The molecule has 0 bridgehead atoms. The number of urea groups is 1. The van der Waals surface area contributed by atoms with Crippen LogP contribution in [-0.4, -0.2) is 49.9 Å². The van der Waals surface area contributed by atoms with Gasteiger partial charge in [-0.3, -0.25) is 10.1 Å². The van der Waals surface area contributed by atoms with Crippen LogP contribution in [0.2, 0.25) is 0 Å². The maximum absolute atomic E-state index is 13.3. The molecule has 0 aliphatic heterocycles. The van der Waals surface area contributed by atoms with E-state index in [-0.39, 0.29) is 34.9 Å². The predicted molar refractivity (Wildman–Crippen MR) is 134 cm³/mol. The fourth-order valence-corrected chi connectivity index (χ4v) is 4.65. The third-order valence-corrected chi connectivity index (χ3v) is 6.35. The third kappa shape index (κ3) is 5.35. The molecule has 0 unspecified atom stereocenters. The number of carboxylic acid groups (broad SMARTS) is 1. The van der Waals surface area contributed by atoms with Gasteiger partial charge in [0.25, 0.3) is 0 Å². The number of nitrogens with zero attached hydrogens (tertiary/aromatic N) is 3. The van der Waals surface area contributed by atoms with E-state index < -0.39 is 34.9 Å². The van der Waals surface area contributed by atoms with Gasteiger partial charge in [0.15, 0.2) is 5.69 Å². The summed E-state index contributed by atoms with van der Waals surface area (Å²) in [6.07, 6.45) is -2.20. The first-order chi connectivity index (χ1) is 18.0. The van der Waals surface area contributed by atoms with Crippen molar-refractivity contribution < 1.29 is 33.0 Å². The van der Waals surface area contributed by atoms with Gasteiger partial charge in [-0.1, -0.05) is 6.07 Å². The maximum Gasteiger partial charge on any atom is 0.434 e. The lowest BCUT2D eigenvalue weighted by Crippen LogP contribution is -2.28. The van der Waals surface area contributed by atoms with Gasteiger partial charge in [0.05, 0.1) is 12.1 Å². The molecule has 0 saturated heterocycles. The summed E-state index contributed by atoms with van der Waals surface area (Å²) in [5, 5.41) is 24.8. The number of alkyl halides is 3. The summed E-state index contributed by atoms with van der Waals surface area (Å²) in [6.45, 7) is 1.77.